The van der Waals surface area contributed by atoms with E-state index in [9.17, 15) is 4.79 Å². The standard InChI is InChI=1S/C11H22N2O/c1-9(2)10(11(12)14)13-7-5-3-4-6-8-13/h9-10H,3-8H2,1-2H3,(H2,12,14). The van der Waals surface area contributed by atoms with E-state index < -0.39 is 0 Å². The molecule has 1 amide bonds. The zero-order valence-corrected chi connectivity index (χ0v) is 9.33. The van der Waals surface area contributed by atoms with Gasteiger partial charge in [-0.3, -0.25) is 9.69 Å². The number of rotatable bonds is 3. The summed E-state index contributed by atoms with van der Waals surface area (Å²) in [5, 5.41) is 0. The van der Waals surface area contributed by atoms with Crippen LogP contribution in [0.25, 0.3) is 0 Å². The summed E-state index contributed by atoms with van der Waals surface area (Å²) in [6.07, 6.45) is 4.99. The first-order valence-electron chi connectivity index (χ1n) is 5.66. The van der Waals surface area contributed by atoms with Crippen LogP contribution in [0.2, 0.25) is 0 Å². The fourth-order valence-corrected chi connectivity index (χ4v) is 2.30. The maximum atomic E-state index is 11.3. The summed E-state index contributed by atoms with van der Waals surface area (Å²) in [6, 6.07) is -0.0619. The average Bonchev–Trinajstić information content (AvgIpc) is 2.31. The van der Waals surface area contributed by atoms with Gasteiger partial charge in [0.05, 0.1) is 6.04 Å². The number of carbonyl (C=O) groups is 1. The van der Waals surface area contributed by atoms with Crippen LogP contribution in [0.15, 0.2) is 0 Å². The van der Waals surface area contributed by atoms with Crippen molar-refractivity contribution in [1.29, 1.82) is 0 Å². The van der Waals surface area contributed by atoms with E-state index >= 15 is 0 Å². The molecule has 0 spiro atoms. The smallest absolute Gasteiger partial charge is 0.235 e. The number of likely N-dealkylation sites (tertiary alicyclic amines) is 1. The number of hydrogen-bond donors (Lipinski definition) is 1. The minimum Gasteiger partial charge on any atom is -0.368 e. The van der Waals surface area contributed by atoms with Crippen molar-refractivity contribution in [2.45, 2.75) is 45.6 Å². The molecule has 1 saturated heterocycles. The lowest BCUT2D eigenvalue weighted by atomic mass is 10.0. The molecule has 1 atom stereocenters. The van der Waals surface area contributed by atoms with Crippen LogP contribution in [0, 0.1) is 5.92 Å². The molecule has 3 nitrogen and oxygen atoms in total. The van der Waals surface area contributed by atoms with E-state index in [0.717, 1.165) is 13.1 Å². The molecule has 0 radical (unpaired) electrons. The Labute approximate surface area is 86.6 Å². The van der Waals surface area contributed by atoms with E-state index in [1.807, 2.05) is 0 Å². The van der Waals surface area contributed by atoms with Gasteiger partial charge in [0.25, 0.3) is 0 Å². The fourth-order valence-electron chi connectivity index (χ4n) is 2.30. The van der Waals surface area contributed by atoms with E-state index in [-0.39, 0.29) is 11.9 Å². The minimum atomic E-state index is -0.165. The van der Waals surface area contributed by atoms with Crippen LogP contribution in [-0.4, -0.2) is 29.9 Å². The molecule has 14 heavy (non-hydrogen) atoms. The molecule has 1 aliphatic rings. The van der Waals surface area contributed by atoms with Crippen molar-refractivity contribution in [3.8, 4) is 0 Å². The van der Waals surface area contributed by atoms with E-state index in [0.29, 0.717) is 5.92 Å². The topological polar surface area (TPSA) is 46.3 Å². The first kappa shape index (κ1) is 11.5. The second-order valence-electron chi connectivity index (χ2n) is 4.54. The third-order valence-corrected chi connectivity index (χ3v) is 2.96. The van der Waals surface area contributed by atoms with Crippen molar-refractivity contribution in [2.75, 3.05) is 13.1 Å². The van der Waals surface area contributed by atoms with Crippen molar-refractivity contribution < 1.29 is 4.79 Å². The van der Waals surface area contributed by atoms with Gasteiger partial charge < -0.3 is 5.73 Å². The molecule has 0 aromatic rings. The number of amides is 1. The Balaban J connectivity index is 2.60. The predicted molar refractivity (Wildman–Crippen MR) is 57.9 cm³/mol. The highest BCUT2D eigenvalue weighted by atomic mass is 16.1. The first-order chi connectivity index (χ1) is 6.63. The molecule has 82 valence electrons. The lowest BCUT2D eigenvalue weighted by Crippen LogP contribution is -2.48. The van der Waals surface area contributed by atoms with Gasteiger partial charge in [-0.1, -0.05) is 26.7 Å². The van der Waals surface area contributed by atoms with Crippen LogP contribution in [0.4, 0.5) is 0 Å². The molecule has 0 aromatic carbocycles. The molecular weight excluding hydrogens is 176 g/mol. The summed E-state index contributed by atoms with van der Waals surface area (Å²) in [5.41, 5.74) is 5.44. The second-order valence-corrected chi connectivity index (χ2v) is 4.54. The minimum absolute atomic E-state index is 0.0619. The Morgan fingerprint density at radius 2 is 1.64 bits per heavy atom. The summed E-state index contributed by atoms with van der Waals surface area (Å²) in [6.45, 7) is 6.21. The van der Waals surface area contributed by atoms with Gasteiger partial charge >= 0.3 is 0 Å². The van der Waals surface area contributed by atoms with Crippen LogP contribution in [0.1, 0.15) is 39.5 Å². The SMILES string of the molecule is CC(C)C(C(N)=O)N1CCCCCC1. The number of primary amides is 1. The normalized spacial score (nSPS) is 21.9. The van der Waals surface area contributed by atoms with E-state index in [1.54, 1.807) is 0 Å². The molecule has 1 unspecified atom stereocenters. The highest BCUT2D eigenvalue weighted by Gasteiger charge is 2.26. The molecule has 0 bridgehead atoms. The number of nitrogens with two attached hydrogens (primary N) is 1. The highest BCUT2D eigenvalue weighted by molar-refractivity contribution is 5.80. The molecule has 0 aliphatic carbocycles. The van der Waals surface area contributed by atoms with Crippen LogP contribution < -0.4 is 5.73 Å². The van der Waals surface area contributed by atoms with Crippen molar-refractivity contribution in [1.82, 2.24) is 4.90 Å². The lowest BCUT2D eigenvalue weighted by Gasteiger charge is -2.30. The summed E-state index contributed by atoms with van der Waals surface area (Å²) < 4.78 is 0. The molecule has 0 saturated carbocycles. The van der Waals surface area contributed by atoms with Crippen LogP contribution in [-0.2, 0) is 4.79 Å². The van der Waals surface area contributed by atoms with Crippen molar-refractivity contribution in [3.63, 3.8) is 0 Å². The van der Waals surface area contributed by atoms with Crippen LogP contribution in [0.3, 0.4) is 0 Å². The quantitative estimate of drug-likeness (QED) is 0.744. The Bertz CT molecular complexity index is 184. The fraction of sp³-hybridized carbons (Fsp3) is 0.909. The zero-order chi connectivity index (χ0) is 10.6. The monoisotopic (exact) mass is 198 g/mol. The third kappa shape index (κ3) is 2.98. The van der Waals surface area contributed by atoms with Gasteiger partial charge in [0.1, 0.15) is 0 Å². The number of hydrogen-bond acceptors (Lipinski definition) is 2. The number of nitrogens with zero attached hydrogens (tertiary/aromatic N) is 1. The highest BCUT2D eigenvalue weighted by Crippen LogP contribution is 2.16. The van der Waals surface area contributed by atoms with Gasteiger partial charge in [-0.05, 0) is 31.8 Å². The third-order valence-electron chi connectivity index (χ3n) is 2.96. The van der Waals surface area contributed by atoms with Gasteiger partial charge in [-0.25, -0.2) is 0 Å². The first-order valence-corrected chi connectivity index (χ1v) is 5.66. The summed E-state index contributed by atoms with van der Waals surface area (Å²) in [5.74, 6) is 0.160. The summed E-state index contributed by atoms with van der Waals surface area (Å²) in [7, 11) is 0. The molecule has 3 heteroatoms. The van der Waals surface area contributed by atoms with Gasteiger partial charge in [0, 0.05) is 0 Å². The second kappa shape index (κ2) is 5.35. The zero-order valence-electron chi connectivity index (χ0n) is 9.33. The van der Waals surface area contributed by atoms with Gasteiger partial charge in [0.15, 0.2) is 0 Å². The molecule has 1 heterocycles. The lowest BCUT2D eigenvalue weighted by molar-refractivity contribution is -0.124. The molecule has 0 aromatic heterocycles. The maximum Gasteiger partial charge on any atom is 0.235 e. The van der Waals surface area contributed by atoms with Gasteiger partial charge in [-0.2, -0.15) is 0 Å². The van der Waals surface area contributed by atoms with Gasteiger partial charge in [-0.15, -0.1) is 0 Å². The Kier molecular flexibility index (Phi) is 4.39. The maximum absolute atomic E-state index is 11.3. The summed E-state index contributed by atoms with van der Waals surface area (Å²) >= 11 is 0. The predicted octanol–water partition coefficient (Wildman–Crippen LogP) is 1.37. The Morgan fingerprint density at radius 1 is 1.14 bits per heavy atom. The van der Waals surface area contributed by atoms with Crippen LogP contribution in [0.5, 0.6) is 0 Å². The molecule has 1 aliphatic heterocycles. The van der Waals surface area contributed by atoms with E-state index in [2.05, 4.69) is 18.7 Å². The van der Waals surface area contributed by atoms with Crippen LogP contribution >= 0.6 is 0 Å². The molecule has 1 rings (SSSR count). The number of carbonyl (C=O) groups excluding carboxylic acids is 1. The van der Waals surface area contributed by atoms with Gasteiger partial charge in [0.2, 0.25) is 5.91 Å². The average molecular weight is 198 g/mol. The van der Waals surface area contributed by atoms with E-state index in [1.165, 1.54) is 25.7 Å². The Morgan fingerprint density at radius 3 is 2.00 bits per heavy atom. The van der Waals surface area contributed by atoms with Crippen molar-refractivity contribution in [2.24, 2.45) is 11.7 Å². The Hall–Kier alpha value is -0.570. The molecule has 2 N–H and O–H groups in total. The summed E-state index contributed by atoms with van der Waals surface area (Å²) in [4.78, 5) is 13.6. The largest absolute Gasteiger partial charge is 0.368 e. The van der Waals surface area contributed by atoms with Crippen molar-refractivity contribution >= 4 is 5.91 Å². The van der Waals surface area contributed by atoms with Crippen molar-refractivity contribution in [3.05, 3.63) is 0 Å². The van der Waals surface area contributed by atoms with E-state index in [4.69, 9.17) is 5.73 Å². The molecular formula is C11H22N2O. The molecule has 1 fully saturated rings.